The van der Waals surface area contributed by atoms with E-state index in [1.54, 1.807) is 12.1 Å². The van der Waals surface area contributed by atoms with Gasteiger partial charge in [-0.25, -0.2) is 4.79 Å². The molecule has 2 rings (SSSR count). The fourth-order valence-electron chi connectivity index (χ4n) is 2.21. The van der Waals surface area contributed by atoms with Crippen molar-refractivity contribution in [3.63, 3.8) is 0 Å². The number of ether oxygens (including phenoxy) is 2. The zero-order valence-electron chi connectivity index (χ0n) is 13.3. The number of benzene rings is 2. The Morgan fingerprint density at radius 1 is 1.21 bits per heavy atom. The van der Waals surface area contributed by atoms with Gasteiger partial charge in [0.2, 0.25) is 0 Å². The minimum absolute atomic E-state index is 0.155. The molecule has 0 unspecified atom stereocenters. The summed E-state index contributed by atoms with van der Waals surface area (Å²) in [5.41, 5.74) is 6.44. The van der Waals surface area contributed by atoms with Gasteiger partial charge in [0, 0.05) is 12.8 Å². The number of nitrogen functional groups attached to an aromatic ring is 1. The van der Waals surface area contributed by atoms with E-state index in [2.05, 4.69) is 5.32 Å². The minimum atomic E-state index is -1.18. The van der Waals surface area contributed by atoms with Crippen LogP contribution in [0.15, 0.2) is 36.4 Å². The summed E-state index contributed by atoms with van der Waals surface area (Å²) in [6.07, 6.45) is 0. The third-order valence-corrected chi connectivity index (χ3v) is 3.48. The number of rotatable bonds is 8. The highest BCUT2D eigenvalue weighted by Crippen LogP contribution is 2.21. The summed E-state index contributed by atoms with van der Waals surface area (Å²) in [4.78, 5) is 23.6. The second-order valence-corrected chi connectivity index (χ2v) is 5.22. The Kier molecular flexibility index (Phi) is 6.11. The lowest BCUT2D eigenvalue weighted by Gasteiger charge is -2.16. The van der Waals surface area contributed by atoms with Crippen LogP contribution in [0.3, 0.4) is 0 Å². The average molecular weight is 332 g/mol. The first-order valence-corrected chi connectivity index (χ1v) is 7.41. The van der Waals surface area contributed by atoms with E-state index in [0.717, 1.165) is 10.8 Å². The summed E-state index contributed by atoms with van der Waals surface area (Å²) in [6, 6.07) is 9.63. The highest BCUT2D eigenvalue weighted by molar-refractivity contribution is 6.05. The molecule has 24 heavy (non-hydrogen) atoms. The fraction of sp³-hybridized carbons (Fsp3) is 0.294. The summed E-state index contributed by atoms with van der Waals surface area (Å²) in [6.45, 7) is 0.435. The molecule has 0 spiro atoms. The molecule has 0 radical (unpaired) electrons. The number of amides is 1. The van der Waals surface area contributed by atoms with Crippen molar-refractivity contribution < 1.29 is 24.2 Å². The average Bonchev–Trinajstić information content (AvgIpc) is 2.56. The number of carboxylic acids is 1. The Bertz CT molecular complexity index is 732. The van der Waals surface area contributed by atoms with Gasteiger partial charge in [-0.15, -0.1) is 0 Å². The van der Waals surface area contributed by atoms with E-state index in [1.165, 1.54) is 7.11 Å². The normalized spacial score (nSPS) is 12.0. The van der Waals surface area contributed by atoms with Crippen LogP contribution in [-0.2, 0) is 14.3 Å². The van der Waals surface area contributed by atoms with Crippen molar-refractivity contribution in [1.29, 1.82) is 0 Å². The van der Waals surface area contributed by atoms with Gasteiger partial charge in [0.1, 0.15) is 0 Å². The molecule has 1 atom stereocenters. The maximum Gasteiger partial charge on any atom is 0.328 e. The van der Waals surface area contributed by atoms with Crippen molar-refractivity contribution in [2.75, 3.05) is 32.7 Å². The monoisotopic (exact) mass is 332 g/mol. The lowest BCUT2D eigenvalue weighted by Crippen LogP contribution is -2.44. The zero-order chi connectivity index (χ0) is 17.5. The predicted octanol–water partition coefficient (Wildman–Crippen LogP) is 1.27. The third-order valence-electron chi connectivity index (χ3n) is 3.48. The van der Waals surface area contributed by atoms with E-state index in [1.807, 2.05) is 24.3 Å². The lowest BCUT2D eigenvalue weighted by atomic mass is 10.0. The van der Waals surface area contributed by atoms with Gasteiger partial charge in [-0.3, -0.25) is 4.79 Å². The van der Waals surface area contributed by atoms with E-state index >= 15 is 0 Å². The maximum absolute atomic E-state index is 12.4. The van der Waals surface area contributed by atoms with Crippen molar-refractivity contribution in [3.8, 4) is 0 Å². The molecule has 4 N–H and O–H groups in total. The molecule has 7 nitrogen and oxygen atoms in total. The van der Waals surface area contributed by atoms with Crippen LogP contribution in [0.25, 0.3) is 10.8 Å². The largest absolute Gasteiger partial charge is 0.480 e. The van der Waals surface area contributed by atoms with Crippen molar-refractivity contribution >= 4 is 28.3 Å². The van der Waals surface area contributed by atoms with E-state index in [4.69, 9.17) is 15.2 Å². The van der Waals surface area contributed by atoms with Crippen molar-refractivity contribution in [1.82, 2.24) is 5.32 Å². The van der Waals surface area contributed by atoms with Gasteiger partial charge in [0.15, 0.2) is 6.04 Å². The summed E-state index contributed by atoms with van der Waals surface area (Å²) in [5.74, 6) is -1.74. The Morgan fingerprint density at radius 2 is 1.88 bits per heavy atom. The first-order valence-electron chi connectivity index (χ1n) is 7.41. The van der Waals surface area contributed by atoms with E-state index in [0.29, 0.717) is 6.61 Å². The number of nitrogens with two attached hydrogens (primary N) is 1. The third kappa shape index (κ3) is 4.43. The second kappa shape index (κ2) is 8.28. The fourth-order valence-corrected chi connectivity index (χ4v) is 2.21. The molecule has 0 aliphatic heterocycles. The van der Waals surface area contributed by atoms with Crippen molar-refractivity contribution in [3.05, 3.63) is 42.0 Å². The molecule has 128 valence electrons. The van der Waals surface area contributed by atoms with E-state index in [-0.39, 0.29) is 24.5 Å². The molecular weight excluding hydrogens is 312 g/mol. The molecular formula is C17H20N2O5. The van der Waals surface area contributed by atoms with Gasteiger partial charge in [-0.05, 0) is 22.9 Å². The molecule has 2 aromatic rings. The molecule has 0 aliphatic carbocycles. The predicted molar refractivity (Wildman–Crippen MR) is 89.9 cm³/mol. The van der Waals surface area contributed by atoms with E-state index in [9.17, 15) is 14.7 Å². The quantitative estimate of drug-likeness (QED) is 0.496. The summed E-state index contributed by atoms with van der Waals surface area (Å²) in [7, 11) is 1.52. The number of hydrogen-bond acceptors (Lipinski definition) is 5. The number of carboxylic acid groups (broad SMARTS) is 1. The van der Waals surface area contributed by atoms with Gasteiger partial charge in [-0.2, -0.15) is 0 Å². The molecule has 0 fully saturated rings. The molecule has 0 bridgehead atoms. The lowest BCUT2D eigenvalue weighted by molar-refractivity contribution is -0.141. The van der Waals surface area contributed by atoms with Gasteiger partial charge in [-0.1, -0.05) is 24.3 Å². The highest BCUT2D eigenvalue weighted by Gasteiger charge is 2.22. The molecule has 0 saturated carbocycles. The number of carbonyl (C=O) groups is 2. The smallest absolute Gasteiger partial charge is 0.328 e. The van der Waals surface area contributed by atoms with Gasteiger partial charge in [0.05, 0.1) is 25.4 Å². The van der Waals surface area contributed by atoms with Crippen LogP contribution in [0.2, 0.25) is 0 Å². The number of fused-ring (bicyclic) bond motifs is 1. The van der Waals surface area contributed by atoms with Crippen LogP contribution in [0.5, 0.6) is 0 Å². The Balaban J connectivity index is 2.11. The number of methoxy groups -OCH3 is 1. The number of anilines is 1. The molecule has 0 aromatic heterocycles. The topological polar surface area (TPSA) is 111 Å². The van der Waals surface area contributed by atoms with Crippen molar-refractivity contribution in [2.45, 2.75) is 6.04 Å². The number of carbonyl (C=O) groups excluding carboxylic acids is 1. The number of hydrogen-bond donors (Lipinski definition) is 3. The number of aliphatic carboxylic acids is 1. The zero-order valence-corrected chi connectivity index (χ0v) is 13.3. The first-order chi connectivity index (χ1) is 11.5. The number of nitrogens with one attached hydrogen (secondary N) is 1. The van der Waals surface area contributed by atoms with Crippen LogP contribution >= 0.6 is 0 Å². The van der Waals surface area contributed by atoms with Gasteiger partial charge >= 0.3 is 5.97 Å². The SMILES string of the molecule is COCCOC[C@H](NC(=O)c1cc2ccccc2cc1N)C(=O)O. The highest BCUT2D eigenvalue weighted by atomic mass is 16.5. The molecule has 2 aromatic carbocycles. The van der Waals surface area contributed by atoms with Crippen LogP contribution in [0.4, 0.5) is 5.69 Å². The van der Waals surface area contributed by atoms with Crippen molar-refractivity contribution in [2.24, 2.45) is 0 Å². The molecule has 0 heterocycles. The van der Waals surface area contributed by atoms with Crippen LogP contribution in [0, 0.1) is 0 Å². The Hall–Kier alpha value is -2.64. The summed E-state index contributed by atoms with van der Waals surface area (Å²) >= 11 is 0. The Labute approximate surface area is 139 Å². The molecule has 1 amide bonds. The molecule has 0 aliphatic rings. The van der Waals surface area contributed by atoms with E-state index < -0.39 is 17.9 Å². The summed E-state index contributed by atoms with van der Waals surface area (Å²) < 4.78 is 10.00. The van der Waals surface area contributed by atoms with Gasteiger partial charge < -0.3 is 25.6 Å². The summed E-state index contributed by atoms with van der Waals surface area (Å²) in [5, 5.41) is 13.4. The second-order valence-electron chi connectivity index (χ2n) is 5.22. The maximum atomic E-state index is 12.4. The Morgan fingerprint density at radius 3 is 2.50 bits per heavy atom. The molecule has 0 saturated heterocycles. The van der Waals surface area contributed by atoms with Crippen LogP contribution < -0.4 is 11.1 Å². The standard InChI is InChI=1S/C17H20N2O5/c1-23-6-7-24-10-15(17(21)22)19-16(20)13-8-11-4-2-3-5-12(11)9-14(13)18/h2-5,8-9,15H,6-7,10,18H2,1H3,(H,19,20)(H,21,22)/t15-/m0/s1. The minimum Gasteiger partial charge on any atom is -0.480 e. The van der Waals surface area contributed by atoms with Crippen LogP contribution in [-0.4, -0.2) is 50.0 Å². The first kappa shape index (κ1) is 17.7. The van der Waals surface area contributed by atoms with Gasteiger partial charge in [0.25, 0.3) is 5.91 Å². The molecule has 7 heteroatoms. The van der Waals surface area contributed by atoms with Crippen LogP contribution in [0.1, 0.15) is 10.4 Å².